The molecule has 2 rings (SSSR count). The van der Waals surface area contributed by atoms with Gasteiger partial charge in [0.25, 0.3) is 0 Å². The Morgan fingerprint density at radius 3 is 2.70 bits per heavy atom. The second-order valence-corrected chi connectivity index (χ2v) is 5.26. The maximum atomic E-state index is 5.91. The Labute approximate surface area is 127 Å². The number of rotatable bonds is 5. The van der Waals surface area contributed by atoms with Gasteiger partial charge in [-0.15, -0.1) is 0 Å². The van der Waals surface area contributed by atoms with Crippen LogP contribution in [0.1, 0.15) is 25.0 Å². The largest absolute Gasteiger partial charge is 0.439 e. The standard InChI is InChI=1S/C15H18BrN3O/c1-4-12-14(17-5-2)18-9-19-15(12)20-11-6-7-13(16)10(3)8-11/h6-9H,4-5H2,1-3H3,(H,17,18,19). The summed E-state index contributed by atoms with van der Waals surface area (Å²) in [5.74, 6) is 2.23. The molecule has 0 radical (unpaired) electrons. The zero-order valence-corrected chi connectivity index (χ0v) is 13.5. The first-order chi connectivity index (χ1) is 9.65. The third kappa shape index (κ3) is 3.28. The van der Waals surface area contributed by atoms with Crippen molar-refractivity contribution < 1.29 is 4.74 Å². The number of nitrogens with one attached hydrogen (secondary N) is 1. The summed E-state index contributed by atoms with van der Waals surface area (Å²) in [5, 5.41) is 3.24. The fraction of sp³-hybridized carbons (Fsp3) is 0.333. The zero-order valence-electron chi connectivity index (χ0n) is 11.9. The second-order valence-electron chi connectivity index (χ2n) is 4.40. The maximum Gasteiger partial charge on any atom is 0.227 e. The first kappa shape index (κ1) is 14.8. The molecular formula is C15H18BrN3O. The first-order valence-corrected chi connectivity index (χ1v) is 7.46. The van der Waals surface area contributed by atoms with Gasteiger partial charge in [0.2, 0.25) is 5.88 Å². The lowest BCUT2D eigenvalue weighted by atomic mass is 10.2. The number of hydrogen-bond acceptors (Lipinski definition) is 4. The van der Waals surface area contributed by atoms with Gasteiger partial charge in [-0.05, 0) is 44.0 Å². The zero-order chi connectivity index (χ0) is 14.5. The van der Waals surface area contributed by atoms with Gasteiger partial charge in [-0.25, -0.2) is 9.97 Å². The molecule has 0 aliphatic rings. The summed E-state index contributed by atoms with van der Waals surface area (Å²) >= 11 is 3.48. The van der Waals surface area contributed by atoms with Gasteiger partial charge in [-0.3, -0.25) is 0 Å². The second kappa shape index (κ2) is 6.70. The average Bonchev–Trinajstić information content (AvgIpc) is 2.44. The van der Waals surface area contributed by atoms with E-state index in [2.05, 4.69) is 38.1 Å². The summed E-state index contributed by atoms with van der Waals surface area (Å²) in [4.78, 5) is 8.52. The average molecular weight is 336 g/mol. The minimum absolute atomic E-state index is 0.611. The van der Waals surface area contributed by atoms with Crippen LogP contribution in [0.4, 0.5) is 5.82 Å². The molecule has 106 valence electrons. The molecule has 0 saturated carbocycles. The molecule has 1 N–H and O–H groups in total. The molecule has 0 amide bonds. The van der Waals surface area contributed by atoms with Crippen LogP contribution in [0.5, 0.6) is 11.6 Å². The van der Waals surface area contributed by atoms with Crippen molar-refractivity contribution in [3.05, 3.63) is 40.1 Å². The van der Waals surface area contributed by atoms with Crippen LogP contribution < -0.4 is 10.1 Å². The van der Waals surface area contributed by atoms with Crippen LogP contribution in [-0.2, 0) is 6.42 Å². The smallest absolute Gasteiger partial charge is 0.227 e. The van der Waals surface area contributed by atoms with E-state index in [0.29, 0.717) is 5.88 Å². The molecule has 0 aliphatic carbocycles. The highest BCUT2D eigenvalue weighted by Crippen LogP contribution is 2.29. The SMILES string of the molecule is CCNc1ncnc(Oc2ccc(Br)c(C)c2)c1CC. The summed E-state index contributed by atoms with van der Waals surface area (Å²) in [5.41, 5.74) is 2.12. The third-order valence-corrected chi connectivity index (χ3v) is 3.84. The van der Waals surface area contributed by atoms with Crippen LogP contribution in [-0.4, -0.2) is 16.5 Å². The Morgan fingerprint density at radius 1 is 1.25 bits per heavy atom. The van der Waals surface area contributed by atoms with Crippen molar-refractivity contribution in [3.8, 4) is 11.6 Å². The lowest BCUT2D eigenvalue weighted by Crippen LogP contribution is -2.05. The van der Waals surface area contributed by atoms with E-state index < -0.39 is 0 Å². The molecule has 0 saturated heterocycles. The maximum absolute atomic E-state index is 5.91. The number of hydrogen-bond donors (Lipinski definition) is 1. The minimum atomic E-state index is 0.611. The molecule has 0 unspecified atom stereocenters. The number of ether oxygens (including phenoxy) is 1. The van der Waals surface area contributed by atoms with Gasteiger partial charge in [-0.1, -0.05) is 22.9 Å². The molecule has 1 heterocycles. The van der Waals surface area contributed by atoms with Crippen LogP contribution in [0, 0.1) is 6.92 Å². The highest BCUT2D eigenvalue weighted by Gasteiger charge is 2.11. The number of anilines is 1. The van der Waals surface area contributed by atoms with Crippen LogP contribution in [0.2, 0.25) is 0 Å². The van der Waals surface area contributed by atoms with E-state index in [1.54, 1.807) is 0 Å². The van der Waals surface area contributed by atoms with Crippen molar-refractivity contribution in [1.82, 2.24) is 9.97 Å². The van der Waals surface area contributed by atoms with E-state index in [1.165, 1.54) is 6.33 Å². The number of benzene rings is 1. The molecule has 1 aromatic heterocycles. The lowest BCUT2D eigenvalue weighted by molar-refractivity contribution is 0.455. The van der Waals surface area contributed by atoms with Gasteiger partial charge >= 0.3 is 0 Å². The summed E-state index contributed by atoms with van der Waals surface area (Å²) in [6, 6.07) is 5.88. The van der Waals surface area contributed by atoms with Gasteiger partial charge in [-0.2, -0.15) is 0 Å². The van der Waals surface area contributed by atoms with Crippen molar-refractivity contribution >= 4 is 21.7 Å². The number of aryl methyl sites for hydroxylation is 1. The molecule has 0 aliphatic heterocycles. The van der Waals surface area contributed by atoms with Crippen LogP contribution >= 0.6 is 15.9 Å². The molecule has 20 heavy (non-hydrogen) atoms. The van der Waals surface area contributed by atoms with E-state index in [-0.39, 0.29) is 0 Å². The van der Waals surface area contributed by atoms with Crippen LogP contribution in [0.25, 0.3) is 0 Å². The molecule has 4 nitrogen and oxygen atoms in total. The van der Waals surface area contributed by atoms with Gasteiger partial charge in [0.05, 0.1) is 5.56 Å². The van der Waals surface area contributed by atoms with Gasteiger partial charge in [0, 0.05) is 11.0 Å². The third-order valence-electron chi connectivity index (χ3n) is 2.95. The minimum Gasteiger partial charge on any atom is -0.439 e. The summed E-state index contributed by atoms with van der Waals surface area (Å²) in [6.45, 7) is 6.96. The predicted molar refractivity (Wildman–Crippen MR) is 84.5 cm³/mol. The van der Waals surface area contributed by atoms with Crippen molar-refractivity contribution in [2.75, 3.05) is 11.9 Å². The Morgan fingerprint density at radius 2 is 2.05 bits per heavy atom. The van der Waals surface area contributed by atoms with E-state index in [1.807, 2.05) is 32.0 Å². The molecule has 0 fully saturated rings. The molecule has 2 aromatic rings. The topological polar surface area (TPSA) is 47.0 Å². The fourth-order valence-electron chi connectivity index (χ4n) is 1.91. The molecule has 0 bridgehead atoms. The van der Waals surface area contributed by atoms with E-state index in [4.69, 9.17) is 4.74 Å². The monoisotopic (exact) mass is 335 g/mol. The van der Waals surface area contributed by atoms with Gasteiger partial charge in [0.15, 0.2) is 0 Å². The highest BCUT2D eigenvalue weighted by atomic mass is 79.9. The van der Waals surface area contributed by atoms with Gasteiger partial charge < -0.3 is 10.1 Å². The van der Waals surface area contributed by atoms with E-state index in [9.17, 15) is 0 Å². The Hall–Kier alpha value is -1.62. The fourth-order valence-corrected chi connectivity index (χ4v) is 2.16. The Kier molecular flexibility index (Phi) is 4.95. The Balaban J connectivity index is 2.32. The molecule has 0 atom stereocenters. The van der Waals surface area contributed by atoms with Crippen LogP contribution in [0.3, 0.4) is 0 Å². The summed E-state index contributed by atoms with van der Waals surface area (Å²) < 4.78 is 6.98. The lowest BCUT2D eigenvalue weighted by Gasteiger charge is -2.13. The normalized spacial score (nSPS) is 10.4. The van der Waals surface area contributed by atoms with E-state index >= 15 is 0 Å². The number of halogens is 1. The highest BCUT2D eigenvalue weighted by molar-refractivity contribution is 9.10. The quantitative estimate of drug-likeness (QED) is 0.883. The summed E-state index contributed by atoms with van der Waals surface area (Å²) in [7, 11) is 0. The molecular weight excluding hydrogens is 318 g/mol. The first-order valence-electron chi connectivity index (χ1n) is 6.67. The summed E-state index contributed by atoms with van der Waals surface area (Å²) in [6.07, 6.45) is 2.34. The van der Waals surface area contributed by atoms with Crippen molar-refractivity contribution in [2.45, 2.75) is 27.2 Å². The van der Waals surface area contributed by atoms with Gasteiger partial charge in [0.1, 0.15) is 17.9 Å². The molecule has 5 heteroatoms. The predicted octanol–water partition coefficient (Wildman–Crippen LogP) is 4.33. The Bertz CT molecular complexity index is 602. The van der Waals surface area contributed by atoms with Crippen molar-refractivity contribution in [1.29, 1.82) is 0 Å². The van der Waals surface area contributed by atoms with Crippen molar-refractivity contribution in [3.63, 3.8) is 0 Å². The van der Waals surface area contributed by atoms with Crippen molar-refractivity contribution in [2.24, 2.45) is 0 Å². The van der Waals surface area contributed by atoms with E-state index in [0.717, 1.165) is 40.1 Å². The number of nitrogens with zero attached hydrogens (tertiary/aromatic N) is 2. The molecule has 0 spiro atoms. The number of aromatic nitrogens is 2. The molecule has 1 aromatic carbocycles. The van der Waals surface area contributed by atoms with Crippen LogP contribution in [0.15, 0.2) is 29.0 Å².